The highest BCUT2D eigenvalue weighted by Crippen LogP contribution is 2.43. The van der Waals surface area contributed by atoms with Gasteiger partial charge in [-0.1, -0.05) is 35.9 Å². The number of pyridine rings is 1. The number of anilines is 1. The van der Waals surface area contributed by atoms with Gasteiger partial charge in [-0.2, -0.15) is 13.2 Å². The van der Waals surface area contributed by atoms with Gasteiger partial charge in [-0.3, -0.25) is 4.98 Å². The predicted molar refractivity (Wildman–Crippen MR) is 112 cm³/mol. The lowest BCUT2D eigenvalue weighted by Gasteiger charge is -2.38. The van der Waals surface area contributed by atoms with Crippen molar-refractivity contribution in [3.8, 4) is 0 Å². The Morgan fingerprint density at radius 2 is 1.73 bits per heavy atom. The van der Waals surface area contributed by atoms with Gasteiger partial charge in [0.05, 0.1) is 18.2 Å². The lowest BCUT2D eigenvalue weighted by atomic mass is 9.87. The van der Waals surface area contributed by atoms with E-state index in [2.05, 4.69) is 10.3 Å². The maximum atomic E-state index is 14.1. The summed E-state index contributed by atoms with van der Waals surface area (Å²) in [5.74, 6) is 0. The lowest BCUT2D eigenvalue weighted by molar-refractivity contribution is -0.281. The number of fused-ring (bicyclic) bond motifs is 1. The fourth-order valence-corrected chi connectivity index (χ4v) is 3.36. The van der Waals surface area contributed by atoms with Crippen LogP contribution in [0.2, 0.25) is 0 Å². The molecular weight excluding hydrogens is 393 g/mol. The predicted octanol–water partition coefficient (Wildman–Crippen LogP) is 5.33. The van der Waals surface area contributed by atoms with Crippen LogP contribution in [0.3, 0.4) is 0 Å². The van der Waals surface area contributed by atoms with Crippen LogP contribution in [0.25, 0.3) is 10.9 Å². The number of aliphatic hydroxyl groups is 1. The molecule has 0 saturated carbocycles. The average molecular weight is 418 g/mol. The van der Waals surface area contributed by atoms with Crippen LogP contribution in [0.15, 0.2) is 54.6 Å². The molecule has 0 aliphatic carbocycles. The summed E-state index contributed by atoms with van der Waals surface area (Å²) in [6.07, 6.45) is -4.93. The minimum Gasteiger partial charge on any atom is -0.378 e. The van der Waals surface area contributed by atoms with Crippen LogP contribution < -0.4 is 5.32 Å². The Morgan fingerprint density at radius 1 is 1.03 bits per heavy atom. The van der Waals surface area contributed by atoms with Gasteiger partial charge in [0.1, 0.15) is 0 Å². The first-order valence-corrected chi connectivity index (χ1v) is 9.72. The second kappa shape index (κ2) is 8.62. The Labute approximate surface area is 173 Å². The molecule has 30 heavy (non-hydrogen) atoms. The van der Waals surface area contributed by atoms with Crippen LogP contribution in [0.4, 0.5) is 18.9 Å². The normalized spacial score (nSPS) is 15.0. The molecule has 3 aromatic rings. The van der Waals surface area contributed by atoms with Crippen LogP contribution >= 0.6 is 0 Å². The van der Waals surface area contributed by atoms with Crippen molar-refractivity contribution in [3.05, 3.63) is 71.4 Å². The van der Waals surface area contributed by atoms with Crippen LogP contribution in [-0.2, 0) is 4.74 Å². The van der Waals surface area contributed by atoms with Crippen LogP contribution in [0, 0.1) is 13.8 Å². The van der Waals surface area contributed by atoms with Gasteiger partial charge >= 0.3 is 6.18 Å². The standard InChI is InChI=1S/C23H25F3N2O2/c1-4-30-14-22(29,23(24,25)26)21(17-11-8-15(2)9-12-17)28-20-7-5-6-19-18(20)13-10-16(3)27-19/h5-13,21,28-29H,4,14H2,1-3H3. The van der Waals surface area contributed by atoms with Crippen molar-refractivity contribution in [2.75, 3.05) is 18.5 Å². The number of nitrogens with one attached hydrogen (secondary N) is 1. The third-order valence-corrected chi connectivity index (χ3v) is 5.08. The number of halogens is 3. The number of hydrogen-bond acceptors (Lipinski definition) is 4. The molecule has 2 aromatic carbocycles. The Hall–Kier alpha value is -2.64. The molecule has 7 heteroatoms. The minimum absolute atomic E-state index is 0.0521. The number of nitrogens with zero attached hydrogens (tertiary/aromatic N) is 1. The summed E-state index contributed by atoms with van der Waals surface area (Å²) in [6.45, 7) is 4.45. The zero-order chi connectivity index (χ0) is 21.9. The molecule has 0 radical (unpaired) electrons. The van der Waals surface area contributed by atoms with Crippen molar-refractivity contribution >= 4 is 16.6 Å². The SMILES string of the molecule is CCOCC(O)(C(Nc1cccc2nc(C)ccc12)c1ccc(C)cc1)C(F)(F)F. The molecule has 2 atom stereocenters. The monoisotopic (exact) mass is 418 g/mol. The van der Waals surface area contributed by atoms with Crippen LogP contribution in [-0.4, -0.2) is 35.1 Å². The van der Waals surface area contributed by atoms with Gasteiger partial charge in [0.15, 0.2) is 0 Å². The van der Waals surface area contributed by atoms with E-state index in [0.29, 0.717) is 22.2 Å². The van der Waals surface area contributed by atoms with Gasteiger partial charge in [-0.05, 0) is 50.6 Å². The first kappa shape index (κ1) is 22.1. The third-order valence-electron chi connectivity index (χ3n) is 5.08. The summed E-state index contributed by atoms with van der Waals surface area (Å²) in [4.78, 5) is 4.44. The molecule has 0 aliphatic heterocycles. The van der Waals surface area contributed by atoms with Crippen molar-refractivity contribution in [1.29, 1.82) is 0 Å². The number of benzene rings is 2. The van der Waals surface area contributed by atoms with Gasteiger partial charge in [-0.25, -0.2) is 0 Å². The second-order valence-electron chi connectivity index (χ2n) is 7.37. The van der Waals surface area contributed by atoms with Gasteiger partial charge in [0, 0.05) is 23.4 Å². The fourth-order valence-electron chi connectivity index (χ4n) is 3.36. The molecule has 0 saturated heterocycles. The van der Waals surface area contributed by atoms with E-state index < -0.39 is 24.4 Å². The third kappa shape index (κ3) is 4.42. The highest BCUT2D eigenvalue weighted by atomic mass is 19.4. The molecule has 0 aliphatic rings. The summed E-state index contributed by atoms with van der Waals surface area (Å²) in [7, 11) is 0. The summed E-state index contributed by atoms with van der Waals surface area (Å²) in [5, 5.41) is 14.5. The van der Waals surface area contributed by atoms with Crippen molar-refractivity contribution in [1.82, 2.24) is 4.98 Å². The first-order valence-electron chi connectivity index (χ1n) is 9.72. The molecule has 1 aromatic heterocycles. The molecular formula is C23H25F3N2O2. The zero-order valence-electron chi connectivity index (χ0n) is 17.1. The van der Waals surface area contributed by atoms with E-state index in [1.807, 2.05) is 13.8 Å². The number of ether oxygens (including phenoxy) is 1. The molecule has 0 bridgehead atoms. The van der Waals surface area contributed by atoms with Gasteiger partial charge in [-0.15, -0.1) is 0 Å². The minimum atomic E-state index is -4.93. The molecule has 0 fully saturated rings. The average Bonchev–Trinajstić information content (AvgIpc) is 2.70. The number of alkyl halides is 3. The van der Waals surface area contributed by atoms with Crippen LogP contribution in [0.5, 0.6) is 0 Å². The van der Waals surface area contributed by atoms with E-state index in [-0.39, 0.29) is 6.61 Å². The highest BCUT2D eigenvalue weighted by Gasteiger charge is 2.59. The summed E-state index contributed by atoms with van der Waals surface area (Å²) in [6, 6.07) is 13.9. The van der Waals surface area contributed by atoms with Gasteiger partial charge < -0.3 is 15.2 Å². The van der Waals surface area contributed by atoms with E-state index >= 15 is 0 Å². The smallest absolute Gasteiger partial charge is 0.378 e. The van der Waals surface area contributed by atoms with Crippen molar-refractivity contribution in [3.63, 3.8) is 0 Å². The maximum Gasteiger partial charge on any atom is 0.421 e. The van der Waals surface area contributed by atoms with Gasteiger partial charge in [0.2, 0.25) is 5.60 Å². The number of rotatable bonds is 7. The summed E-state index contributed by atoms with van der Waals surface area (Å²) in [5.41, 5.74) is -0.0241. The molecule has 1 heterocycles. The molecule has 4 nitrogen and oxygen atoms in total. The largest absolute Gasteiger partial charge is 0.421 e. The van der Waals surface area contributed by atoms with E-state index in [1.54, 1.807) is 61.5 Å². The zero-order valence-corrected chi connectivity index (χ0v) is 17.1. The van der Waals surface area contributed by atoms with Crippen molar-refractivity contribution in [2.45, 2.75) is 38.6 Å². The first-order chi connectivity index (χ1) is 14.2. The Morgan fingerprint density at radius 3 is 2.37 bits per heavy atom. The molecule has 0 amide bonds. The van der Waals surface area contributed by atoms with E-state index in [1.165, 1.54) is 0 Å². The molecule has 2 unspecified atom stereocenters. The van der Waals surface area contributed by atoms with Gasteiger partial charge in [0.25, 0.3) is 0 Å². The summed E-state index contributed by atoms with van der Waals surface area (Å²) >= 11 is 0. The highest BCUT2D eigenvalue weighted by molar-refractivity contribution is 5.91. The topological polar surface area (TPSA) is 54.4 Å². The second-order valence-corrected chi connectivity index (χ2v) is 7.37. The number of aryl methyl sites for hydroxylation is 2. The van der Waals surface area contributed by atoms with Crippen molar-refractivity contribution in [2.24, 2.45) is 0 Å². The van der Waals surface area contributed by atoms with Crippen molar-refractivity contribution < 1.29 is 23.0 Å². The Kier molecular flexibility index (Phi) is 6.33. The lowest BCUT2D eigenvalue weighted by Crippen LogP contribution is -2.56. The number of aromatic nitrogens is 1. The maximum absolute atomic E-state index is 14.1. The van der Waals surface area contributed by atoms with E-state index in [9.17, 15) is 18.3 Å². The molecule has 3 rings (SSSR count). The molecule has 160 valence electrons. The quantitative estimate of drug-likeness (QED) is 0.544. The van der Waals surface area contributed by atoms with E-state index in [4.69, 9.17) is 4.74 Å². The Balaban J connectivity index is 2.14. The molecule has 0 spiro atoms. The molecule has 2 N–H and O–H groups in total. The fraction of sp³-hybridized carbons (Fsp3) is 0.348. The number of hydrogen-bond donors (Lipinski definition) is 2. The summed E-state index contributed by atoms with van der Waals surface area (Å²) < 4.78 is 47.5. The van der Waals surface area contributed by atoms with Crippen LogP contribution in [0.1, 0.15) is 29.8 Å². The Bertz CT molecular complexity index is 1010. The van der Waals surface area contributed by atoms with E-state index in [0.717, 1.165) is 11.3 Å².